The van der Waals surface area contributed by atoms with E-state index in [0.29, 0.717) is 24.9 Å². The van der Waals surface area contributed by atoms with Crippen molar-refractivity contribution in [3.8, 4) is 0 Å². The normalized spacial score (nSPS) is 11.0. The Morgan fingerprint density at radius 2 is 1.62 bits per heavy atom. The molecule has 0 radical (unpaired) electrons. The molecule has 0 atom stereocenters. The molecule has 2 rings (SSSR count). The highest BCUT2D eigenvalue weighted by molar-refractivity contribution is 5.94. The lowest BCUT2D eigenvalue weighted by Gasteiger charge is -2.23. The Bertz CT molecular complexity index is 725. The smallest absolute Gasteiger partial charge is 0.251 e. The first-order valence-corrected chi connectivity index (χ1v) is 8.72. The van der Waals surface area contributed by atoms with Crippen molar-refractivity contribution in [3.05, 3.63) is 71.3 Å². The van der Waals surface area contributed by atoms with Crippen LogP contribution < -0.4 is 10.6 Å². The minimum absolute atomic E-state index is 0.000341. The van der Waals surface area contributed by atoms with Gasteiger partial charge in [-0.15, -0.1) is 0 Å². The highest BCUT2D eigenvalue weighted by Crippen LogP contribution is 2.08. The lowest BCUT2D eigenvalue weighted by Crippen LogP contribution is -2.46. The first-order chi connectivity index (χ1) is 12.4. The number of aliphatic hydroxyl groups is 1. The van der Waals surface area contributed by atoms with Gasteiger partial charge in [-0.25, -0.2) is 0 Å². The minimum atomic E-state index is -0.664. The molecule has 0 saturated carbocycles. The quantitative estimate of drug-likeness (QED) is 0.681. The molecule has 2 aromatic rings. The fraction of sp³-hybridized carbons (Fsp3) is 0.333. The summed E-state index contributed by atoms with van der Waals surface area (Å²) in [7, 11) is 0. The van der Waals surface area contributed by atoms with Gasteiger partial charge in [0.2, 0.25) is 5.91 Å². The van der Waals surface area contributed by atoms with Gasteiger partial charge in [-0.3, -0.25) is 9.59 Å². The predicted molar refractivity (Wildman–Crippen MR) is 102 cm³/mol. The Morgan fingerprint density at radius 1 is 0.962 bits per heavy atom. The fourth-order valence-electron chi connectivity index (χ4n) is 2.38. The average molecular weight is 354 g/mol. The number of nitrogens with one attached hydrogen (secondary N) is 2. The second kappa shape index (κ2) is 9.15. The van der Waals surface area contributed by atoms with Crippen LogP contribution in [0.4, 0.5) is 0 Å². The summed E-state index contributed by atoms with van der Waals surface area (Å²) in [4.78, 5) is 24.1. The molecule has 138 valence electrons. The summed E-state index contributed by atoms with van der Waals surface area (Å²) >= 11 is 0. The van der Waals surface area contributed by atoms with E-state index in [2.05, 4.69) is 10.6 Å². The van der Waals surface area contributed by atoms with E-state index >= 15 is 0 Å². The standard InChI is InChI=1S/C21H26N2O3/c1-21(2,15-24)23-20(26)18-11-8-17(9-12-18)14-22-19(25)13-10-16-6-4-3-5-7-16/h3-9,11-12,24H,10,13-15H2,1-2H3,(H,22,25)(H,23,26). The molecule has 2 aromatic carbocycles. The number of carbonyl (C=O) groups excluding carboxylic acids is 2. The maximum Gasteiger partial charge on any atom is 0.251 e. The van der Waals surface area contributed by atoms with E-state index in [1.54, 1.807) is 26.0 Å². The topological polar surface area (TPSA) is 78.4 Å². The largest absolute Gasteiger partial charge is 0.394 e. The van der Waals surface area contributed by atoms with Crippen LogP contribution in [-0.2, 0) is 17.8 Å². The Hall–Kier alpha value is -2.66. The van der Waals surface area contributed by atoms with Crippen LogP contribution in [-0.4, -0.2) is 29.1 Å². The van der Waals surface area contributed by atoms with Crippen molar-refractivity contribution in [1.82, 2.24) is 10.6 Å². The molecule has 0 aliphatic rings. The first-order valence-electron chi connectivity index (χ1n) is 8.72. The van der Waals surface area contributed by atoms with Crippen molar-refractivity contribution < 1.29 is 14.7 Å². The lowest BCUT2D eigenvalue weighted by molar-refractivity contribution is -0.121. The van der Waals surface area contributed by atoms with Crippen LogP contribution in [0.2, 0.25) is 0 Å². The van der Waals surface area contributed by atoms with E-state index in [0.717, 1.165) is 11.1 Å². The zero-order valence-corrected chi connectivity index (χ0v) is 15.3. The molecule has 0 fully saturated rings. The molecular formula is C21H26N2O3. The summed E-state index contributed by atoms with van der Waals surface area (Å²) in [5.41, 5.74) is 1.92. The zero-order valence-electron chi connectivity index (χ0n) is 15.3. The van der Waals surface area contributed by atoms with Crippen LogP contribution >= 0.6 is 0 Å². The molecule has 5 heteroatoms. The molecule has 5 nitrogen and oxygen atoms in total. The van der Waals surface area contributed by atoms with Gasteiger partial charge < -0.3 is 15.7 Å². The molecule has 3 N–H and O–H groups in total. The number of carbonyl (C=O) groups is 2. The average Bonchev–Trinajstić information content (AvgIpc) is 2.65. The van der Waals surface area contributed by atoms with Gasteiger partial charge in [0.25, 0.3) is 5.91 Å². The highest BCUT2D eigenvalue weighted by Gasteiger charge is 2.19. The second-order valence-electron chi connectivity index (χ2n) is 6.96. The zero-order chi connectivity index (χ0) is 19.0. The minimum Gasteiger partial charge on any atom is -0.394 e. The SMILES string of the molecule is CC(C)(CO)NC(=O)c1ccc(CNC(=O)CCc2ccccc2)cc1. The Morgan fingerprint density at radius 3 is 2.23 bits per heavy atom. The third-order valence-electron chi connectivity index (χ3n) is 4.04. The number of rotatable bonds is 8. The molecule has 0 saturated heterocycles. The molecule has 0 spiro atoms. The first kappa shape index (κ1) is 19.7. The van der Waals surface area contributed by atoms with E-state index in [-0.39, 0.29) is 18.4 Å². The van der Waals surface area contributed by atoms with Crippen molar-refractivity contribution >= 4 is 11.8 Å². The molecule has 0 aliphatic heterocycles. The van der Waals surface area contributed by atoms with E-state index in [1.807, 2.05) is 42.5 Å². The van der Waals surface area contributed by atoms with Gasteiger partial charge >= 0.3 is 0 Å². The fourth-order valence-corrected chi connectivity index (χ4v) is 2.38. The van der Waals surface area contributed by atoms with Crippen molar-refractivity contribution in [2.24, 2.45) is 0 Å². The van der Waals surface area contributed by atoms with Gasteiger partial charge in [0, 0.05) is 18.5 Å². The number of hydrogen-bond donors (Lipinski definition) is 3. The molecule has 0 bridgehead atoms. The van der Waals surface area contributed by atoms with E-state index < -0.39 is 5.54 Å². The molecule has 0 heterocycles. The Labute approximate surface area is 154 Å². The second-order valence-corrected chi connectivity index (χ2v) is 6.96. The van der Waals surface area contributed by atoms with Crippen LogP contribution in [0.5, 0.6) is 0 Å². The van der Waals surface area contributed by atoms with Crippen molar-refractivity contribution in [1.29, 1.82) is 0 Å². The molecular weight excluding hydrogens is 328 g/mol. The van der Waals surface area contributed by atoms with Crippen LogP contribution in [0.3, 0.4) is 0 Å². The van der Waals surface area contributed by atoms with Crippen LogP contribution in [0.25, 0.3) is 0 Å². The molecule has 0 aliphatic carbocycles. The van der Waals surface area contributed by atoms with Gasteiger partial charge in [0.15, 0.2) is 0 Å². The van der Waals surface area contributed by atoms with Gasteiger partial charge in [0.05, 0.1) is 12.1 Å². The number of aryl methyl sites for hydroxylation is 1. The van der Waals surface area contributed by atoms with Crippen molar-refractivity contribution in [2.75, 3.05) is 6.61 Å². The van der Waals surface area contributed by atoms with Crippen LogP contribution in [0, 0.1) is 0 Å². The van der Waals surface area contributed by atoms with Gasteiger partial charge in [-0.1, -0.05) is 42.5 Å². The number of amides is 2. The van der Waals surface area contributed by atoms with E-state index in [1.165, 1.54) is 0 Å². The summed E-state index contributed by atoms with van der Waals surface area (Å²) in [6.45, 7) is 3.80. The molecule has 0 aromatic heterocycles. The van der Waals surface area contributed by atoms with Crippen LogP contribution in [0.1, 0.15) is 41.8 Å². The summed E-state index contributed by atoms with van der Waals surface area (Å²) in [6.07, 6.45) is 1.16. The maximum absolute atomic E-state index is 12.1. The van der Waals surface area contributed by atoms with Gasteiger partial charge in [-0.05, 0) is 43.5 Å². The third-order valence-corrected chi connectivity index (χ3v) is 4.04. The molecule has 26 heavy (non-hydrogen) atoms. The van der Waals surface area contributed by atoms with Crippen molar-refractivity contribution in [3.63, 3.8) is 0 Å². The summed E-state index contributed by atoms with van der Waals surface area (Å²) in [5.74, 6) is -0.233. The van der Waals surface area contributed by atoms with Gasteiger partial charge in [-0.2, -0.15) is 0 Å². The number of hydrogen-bond acceptors (Lipinski definition) is 3. The summed E-state index contributed by atoms with van der Waals surface area (Å²) < 4.78 is 0. The van der Waals surface area contributed by atoms with Crippen molar-refractivity contribution in [2.45, 2.75) is 38.8 Å². The Kier molecular flexibility index (Phi) is 6.92. The predicted octanol–water partition coefficient (Wildman–Crippen LogP) is 2.44. The highest BCUT2D eigenvalue weighted by atomic mass is 16.3. The van der Waals surface area contributed by atoms with Gasteiger partial charge in [0.1, 0.15) is 0 Å². The van der Waals surface area contributed by atoms with E-state index in [4.69, 9.17) is 0 Å². The van der Waals surface area contributed by atoms with Crippen LogP contribution in [0.15, 0.2) is 54.6 Å². The molecule has 2 amide bonds. The third kappa shape index (κ3) is 6.33. The number of benzene rings is 2. The molecule has 0 unspecified atom stereocenters. The Balaban J connectivity index is 1.79. The maximum atomic E-state index is 12.1. The summed E-state index contributed by atoms with van der Waals surface area (Å²) in [6, 6.07) is 17.0. The lowest BCUT2D eigenvalue weighted by atomic mass is 10.1. The summed E-state index contributed by atoms with van der Waals surface area (Å²) in [5, 5.41) is 14.9. The number of aliphatic hydroxyl groups excluding tert-OH is 1. The van der Waals surface area contributed by atoms with E-state index in [9.17, 15) is 14.7 Å². The monoisotopic (exact) mass is 354 g/mol.